The number of carbonyl (C=O) groups is 1. The number of carbonyl (C=O) groups excluding carboxylic acids is 1. The summed E-state index contributed by atoms with van der Waals surface area (Å²) in [5.41, 5.74) is 2.16. The van der Waals surface area contributed by atoms with Crippen LogP contribution in [0.3, 0.4) is 0 Å². The lowest BCUT2D eigenvalue weighted by atomic mass is 10.2. The Balaban J connectivity index is 1.83. The Bertz CT molecular complexity index is 1180. The standard InChI is InChI=1S/C17H14N4O6S/c1-27-15-9-7-12(21(23)24)10-16(15)28(25,26)20-19-17(22)14-8-6-11-4-2-3-5-13(11)18-14/h2-10,20H,1H3,(H,19,22). The second kappa shape index (κ2) is 7.58. The number of ether oxygens (including phenoxy) is 1. The number of hydrogen-bond acceptors (Lipinski definition) is 7. The number of rotatable bonds is 6. The summed E-state index contributed by atoms with van der Waals surface area (Å²) in [7, 11) is -3.12. The maximum atomic E-state index is 12.5. The van der Waals surface area contributed by atoms with Crippen molar-refractivity contribution in [3.63, 3.8) is 0 Å². The molecule has 0 fully saturated rings. The average Bonchev–Trinajstić information content (AvgIpc) is 2.71. The van der Waals surface area contributed by atoms with Gasteiger partial charge in [-0.1, -0.05) is 24.3 Å². The zero-order chi connectivity index (χ0) is 20.3. The smallest absolute Gasteiger partial charge is 0.284 e. The van der Waals surface area contributed by atoms with Crippen LogP contribution in [0.2, 0.25) is 0 Å². The maximum absolute atomic E-state index is 12.5. The summed E-state index contributed by atoms with van der Waals surface area (Å²) < 4.78 is 29.9. The molecule has 0 aliphatic rings. The fourth-order valence-electron chi connectivity index (χ4n) is 2.41. The van der Waals surface area contributed by atoms with E-state index in [-0.39, 0.29) is 11.4 Å². The lowest BCUT2D eigenvalue weighted by molar-refractivity contribution is -0.385. The molecule has 1 heterocycles. The van der Waals surface area contributed by atoms with Crippen LogP contribution in [0.1, 0.15) is 10.5 Å². The highest BCUT2D eigenvalue weighted by molar-refractivity contribution is 7.89. The summed E-state index contributed by atoms with van der Waals surface area (Å²) in [6, 6.07) is 13.3. The van der Waals surface area contributed by atoms with Gasteiger partial charge in [0.05, 0.1) is 17.5 Å². The van der Waals surface area contributed by atoms with Crippen molar-refractivity contribution in [2.24, 2.45) is 0 Å². The third-order valence-corrected chi connectivity index (χ3v) is 5.05. The number of hydrazine groups is 1. The fourth-order valence-corrected chi connectivity index (χ4v) is 3.44. The van der Waals surface area contributed by atoms with Crippen molar-refractivity contribution in [1.29, 1.82) is 0 Å². The molecule has 0 saturated carbocycles. The number of nitro benzene ring substituents is 1. The van der Waals surface area contributed by atoms with E-state index >= 15 is 0 Å². The number of benzene rings is 2. The third-order valence-electron chi connectivity index (χ3n) is 3.78. The van der Waals surface area contributed by atoms with Gasteiger partial charge < -0.3 is 4.74 Å². The van der Waals surface area contributed by atoms with Crippen LogP contribution < -0.4 is 15.0 Å². The molecule has 3 aromatic rings. The molecule has 0 spiro atoms. The first kappa shape index (κ1) is 19.2. The Labute approximate surface area is 159 Å². The number of pyridine rings is 1. The molecule has 3 rings (SSSR count). The van der Waals surface area contributed by atoms with Crippen molar-refractivity contribution in [3.8, 4) is 5.75 Å². The molecular weight excluding hydrogens is 388 g/mol. The van der Waals surface area contributed by atoms with Gasteiger partial charge in [-0.15, -0.1) is 4.83 Å². The third kappa shape index (κ3) is 3.89. The van der Waals surface area contributed by atoms with E-state index in [1.54, 1.807) is 18.2 Å². The lowest BCUT2D eigenvalue weighted by Crippen LogP contribution is -2.42. The minimum Gasteiger partial charge on any atom is -0.495 e. The van der Waals surface area contributed by atoms with Gasteiger partial charge >= 0.3 is 0 Å². The molecular formula is C17H14N4O6S. The predicted molar refractivity (Wildman–Crippen MR) is 99.2 cm³/mol. The van der Waals surface area contributed by atoms with Crippen LogP contribution >= 0.6 is 0 Å². The molecule has 2 aromatic carbocycles. The minimum atomic E-state index is -4.34. The summed E-state index contributed by atoms with van der Waals surface area (Å²) in [6.45, 7) is 0. The number of nitrogens with zero attached hydrogens (tertiary/aromatic N) is 2. The molecule has 0 aliphatic carbocycles. The largest absolute Gasteiger partial charge is 0.495 e. The molecule has 0 aliphatic heterocycles. The highest BCUT2D eigenvalue weighted by atomic mass is 32.2. The molecule has 28 heavy (non-hydrogen) atoms. The number of methoxy groups -OCH3 is 1. The molecule has 0 saturated heterocycles. The van der Waals surface area contributed by atoms with Crippen molar-refractivity contribution < 1.29 is 22.9 Å². The molecule has 10 nitrogen and oxygen atoms in total. The molecule has 2 N–H and O–H groups in total. The van der Waals surface area contributed by atoms with E-state index in [9.17, 15) is 23.3 Å². The topological polar surface area (TPSA) is 141 Å². The number of sulfonamides is 1. The van der Waals surface area contributed by atoms with Gasteiger partial charge in [0, 0.05) is 17.5 Å². The number of non-ortho nitro benzene ring substituents is 1. The SMILES string of the molecule is COc1ccc([N+](=O)[O-])cc1S(=O)(=O)NNC(=O)c1ccc2ccccc2n1. The number of para-hydroxylation sites is 1. The van der Waals surface area contributed by atoms with Gasteiger partial charge in [-0.25, -0.2) is 13.4 Å². The number of nitrogens with one attached hydrogen (secondary N) is 2. The van der Waals surface area contributed by atoms with Gasteiger partial charge in [-0.05, 0) is 18.2 Å². The highest BCUT2D eigenvalue weighted by Gasteiger charge is 2.24. The Morgan fingerprint density at radius 2 is 1.89 bits per heavy atom. The van der Waals surface area contributed by atoms with E-state index in [0.717, 1.165) is 23.6 Å². The summed E-state index contributed by atoms with van der Waals surface area (Å²) in [5.74, 6) is -0.907. The number of aromatic nitrogens is 1. The van der Waals surface area contributed by atoms with E-state index in [4.69, 9.17) is 4.74 Å². The first-order chi connectivity index (χ1) is 13.3. The summed E-state index contributed by atoms with van der Waals surface area (Å²) in [4.78, 5) is 28.0. The van der Waals surface area contributed by atoms with Gasteiger partial charge in [0.1, 0.15) is 16.3 Å². The number of amides is 1. The molecule has 0 unspecified atom stereocenters. The van der Waals surface area contributed by atoms with Gasteiger partial charge in [0.2, 0.25) is 0 Å². The predicted octanol–water partition coefficient (Wildman–Crippen LogP) is 1.77. The molecule has 0 bridgehead atoms. The monoisotopic (exact) mass is 402 g/mol. The molecule has 11 heteroatoms. The van der Waals surface area contributed by atoms with Crippen LogP contribution in [-0.2, 0) is 10.0 Å². The zero-order valence-electron chi connectivity index (χ0n) is 14.4. The molecule has 144 valence electrons. The van der Waals surface area contributed by atoms with E-state index in [0.29, 0.717) is 5.52 Å². The summed E-state index contributed by atoms with van der Waals surface area (Å²) in [6.07, 6.45) is 0. The zero-order valence-corrected chi connectivity index (χ0v) is 15.3. The van der Waals surface area contributed by atoms with Crippen molar-refractivity contribution >= 4 is 32.5 Å². The summed E-state index contributed by atoms with van der Waals surface area (Å²) >= 11 is 0. The molecule has 1 aromatic heterocycles. The molecule has 0 atom stereocenters. The lowest BCUT2D eigenvalue weighted by Gasteiger charge is -2.11. The van der Waals surface area contributed by atoms with Crippen molar-refractivity contribution in [2.45, 2.75) is 4.90 Å². The van der Waals surface area contributed by atoms with E-state index in [2.05, 4.69) is 4.98 Å². The first-order valence-electron chi connectivity index (χ1n) is 7.82. The Kier molecular flexibility index (Phi) is 5.20. The molecule has 0 radical (unpaired) electrons. The second-order valence-electron chi connectivity index (χ2n) is 5.54. The van der Waals surface area contributed by atoms with Crippen LogP contribution in [-0.4, -0.2) is 31.3 Å². The van der Waals surface area contributed by atoms with Crippen molar-refractivity contribution in [1.82, 2.24) is 15.2 Å². The molecule has 1 amide bonds. The van der Waals surface area contributed by atoms with Crippen molar-refractivity contribution in [3.05, 3.63) is 70.4 Å². The van der Waals surface area contributed by atoms with E-state index in [1.165, 1.54) is 13.2 Å². The van der Waals surface area contributed by atoms with Crippen LogP contribution in [0, 0.1) is 10.1 Å². The van der Waals surface area contributed by atoms with E-state index < -0.39 is 31.4 Å². The highest BCUT2D eigenvalue weighted by Crippen LogP contribution is 2.27. The number of hydrogen-bond donors (Lipinski definition) is 2. The summed E-state index contributed by atoms with van der Waals surface area (Å²) in [5, 5.41) is 11.7. The number of fused-ring (bicyclic) bond motifs is 1. The normalized spacial score (nSPS) is 11.2. The van der Waals surface area contributed by atoms with Gasteiger partial charge in [-0.2, -0.15) is 0 Å². The second-order valence-corrected chi connectivity index (χ2v) is 7.19. The van der Waals surface area contributed by atoms with Gasteiger partial charge in [-0.3, -0.25) is 20.3 Å². The first-order valence-corrected chi connectivity index (χ1v) is 9.30. The van der Waals surface area contributed by atoms with Crippen LogP contribution in [0.25, 0.3) is 10.9 Å². The minimum absolute atomic E-state index is 0.00703. The quantitative estimate of drug-likeness (QED) is 0.473. The Morgan fingerprint density at radius 3 is 2.61 bits per heavy atom. The van der Waals surface area contributed by atoms with Gasteiger partial charge in [0.15, 0.2) is 0 Å². The average molecular weight is 402 g/mol. The Morgan fingerprint density at radius 1 is 1.14 bits per heavy atom. The van der Waals surface area contributed by atoms with Crippen LogP contribution in [0.15, 0.2) is 59.5 Å². The van der Waals surface area contributed by atoms with Crippen LogP contribution in [0.4, 0.5) is 5.69 Å². The number of nitro groups is 1. The maximum Gasteiger partial charge on any atom is 0.284 e. The van der Waals surface area contributed by atoms with E-state index in [1.807, 2.05) is 22.4 Å². The van der Waals surface area contributed by atoms with Crippen LogP contribution in [0.5, 0.6) is 5.75 Å². The Hall–Kier alpha value is -3.57. The van der Waals surface area contributed by atoms with Crippen molar-refractivity contribution in [2.75, 3.05) is 7.11 Å². The fraction of sp³-hybridized carbons (Fsp3) is 0.0588. The van der Waals surface area contributed by atoms with Gasteiger partial charge in [0.25, 0.3) is 21.6 Å².